The molecule has 1 unspecified atom stereocenters. The summed E-state index contributed by atoms with van der Waals surface area (Å²) in [5, 5.41) is 6.52. The number of guanidine groups is 1. The van der Waals surface area contributed by atoms with Crippen LogP contribution in [-0.2, 0) is 0 Å². The maximum Gasteiger partial charge on any atom is 0.191 e. The van der Waals surface area contributed by atoms with Crippen LogP contribution in [0.5, 0.6) is 0 Å². The molecule has 4 nitrogen and oxygen atoms in total. The van der Waals surface area contributed by atoms with Gasteiger partial charge in [-0.2, -0.15) is 0 Å². The first kappa shape index (κ1) is 13.3. The lowest BCUT2D eigenvalue weighted by molar-refractivity contribution is 0.214. The van der Waals surface area contributed by atoms with Crippen LogP contribution in [0, 0.1) is 5.92 Å². The van der Waals surface area contributed by atoms with E-state index in [1.165, 1.54) is 25.9 Å². The Balaban J connectivity index is 2.35. The van der Waals surface area contributed by atoms with Gasteiger partial charge in [0.25, 0.3) is 0 Å². The highest BCUT2D eigenvalue weighted by Gasteiger charge is 2.16. The van der Waals surface area contributed by atoms with Crippen molar-refractivity contribution in [2.75, 3.05) is 39.8 Å². The fourth-order valence-electron chi connectivity index (χ4n) is 2.15. The predicted octanol–water partition coefficient (Wildman–Crippen LogP) is 0.903. The average Bonchev–Trinajstić information content (AvgIpc) is 2.27. The van der Waals surface area contributed by atoms with Crippen LogP contribution >= 0.6 is 0 Å². The second-order valence-electron chi connectivity index (χ2n) is 4.52. The fraction of sp³-hybridized carbons (Fsp3) is 0.917. The van der Waals surface area contributed by atoms with Crippen molar-refractivity contribution in [1.82, 2.24) is 15.5 Å². The van der Waals surface area contributed by atoms with Crippen LogP contribution < -0.4 is 10.6 Å². The smallest absolute Gasteiger partial charge is 0.191 e. The highest BCUT2D eigenvalue weighted by Crippen LogP contribution is 2.14. The summed E-state index contributed by atoms with van der Waals surface area (Å²) < 4.78 is 0. The average molecular weight is 226 g/mol. The van der Waals surface area contributed by atoms with E-state index in [9.17, 15) is 0 Å². The number of rotatable bonds is 4. The molecule has 0 radical (unpaired) electrons. The van der Waals surface area contributed by atoms with E-state index in [0.717, 1.165) is 31.5 Å². The van der Waals surface area contributed by atoms with Crippen LogP contribution in [0.3, 0.4) is 0 Å². The van der Waals surface area contributed by atoms with E-state index < -0.39 is 0 Å². The third-order valence-electron chi connectivity index (χ3n) is 2.92. The van der Waals surface area contributed by atoms with Gasteiger partial charge in [0.2, 0.25) is 0 Å². The molecule has 0 aromatic rings. The third kappa shape index (κ3) is 4.84. The molecule has 0 amide bonds. The van der Waals surface area contributed by atoms with E-state index in [-0.39, 0.29) is 0 Å². The highest BCUT2D eigenvalue weighted by atomic mass is 15.2. The second-order valence-corrected chi connectivity index (χ2v) is 4.52. The molecule has 1 atom stereocenters. The molecule has 0 spiro atoms. The molecule has 4 heteroatoms. The van der Waals surface area contributed by atoms with Gasteiger partial charge in [-0.15, -0.1) is 0 Å². The minimum atomic E-state index is 0.728. The fourth-order valence-corrected chi connectivity index (χ4v) is 2.15. The molecule has 1 heterocycles. The van der Waals surface area contributed by atoms with E-state index in [1.807, 2.05) is 0 Å². The Hall–Kier alpha value is -0.770. The van der Waals surface area contributed by atoms with E-state index in [4.69, 9.17) is 0 Å². The van der Waals surface area contributed by atoms with Gasteiger partial charge in [-0.3, -0.25) is 4.99 Å². The van der Waals surface area contributed by atoms with Crippen LogP contribution in [-0.4, -0.2) is 50.6 Å². The van der Waals surface area contributed by atoms with Crippen molar-refractivity contribution in [3.8, 4) is 0 Å². The van der Waals surface area contributed by atoms with E-state index in [0.29, 0.717) is 0 Å². The molecule has 1 saturated heterocycles. The first-order valence-corrected chi connectivity index (χ1v) is 6.47. The first-order valence-electron chi connectivity index (χ1n) is 6.47. The Labute approximate surface area is 99.5 Å². The molecule has 94 valence electrons. The topological polar surface area (TPSA) is 39.7 Å². The zero-order chi connectivity index (χ0) is 11.8. The normalized spacial score (nSPS) is 21.6. The van der Waals surface area contributed by atoms with Gasteiger partial charge in [-0.1, -0.05) is 0 Å². The van der Waals surface area contributed by atoms with Gasteiger partial charge in [0.15, 0.2) is 5.96 Å². The van der Waals surface area contributed by atoms with Gasteiger partial charge in [-0.25, -0.2) is 0 Å². The Kier molecular flexibility index (Phi) is 6.23. The molecule has 1 rings (SSSR count). The molecular weight excluding hydrogens is 200 g/mol. The summed E-state index contributed by atoms with van der Waals surface area (Å²) in [7, 11) is 2.20. The van der Waals surface area contributed by atoms with Crippen LogP contribution in [0.15, 0.2) is 4.99 Å². The molecule has 1 aliphatic rings. The summed E-state index contributed by atoms with van der Waals surface area (Å²) in [6.45, 7) is 9.43. The Bertz CT molecular complexity index is 207. The van der Waals surface area contributed by atoms with Crippen LogP contribution in [0.4, 0.5) is 0 Å². The lowest BCUT2D eigenvalue weighted by Crippen LogP contribution is -2.38. The molecule has 1 aliphatic heterocycles. The van der Waals surface area contributed by atoms with Crippen molar-refractivity contribution in [1.29, 1.82) is 0 Å². The van der Waals surface area contributed by atoms with Gasteiger partial charge in [-0.05, 0) is 46.2 Å². The SMILES string of the molecule is CCNC(=NCC1CCCN(C)C1)NCC. The number of nitrogens with one attached hydrogen (secondary N) is 2. The van der Waals surface area contributed by atoms with Gasteiger partial charge < -0.3 is 15.5 Å². The molecule has 0 bridgehead atoms. The monoisotopic (exact) mass is 226 g/mol. The summed E-state index contributed by atoms with van der Waals surface area (Å²) >= 11 is 0. The molecule has 0 aromatic carbocycles. The third-order valence-corrected chi connectivity index (χ3v) is 2.92. The summed E-state index contributed by atoms with van der Waals surface area (Å²) in [5.41, 5.74) is 0. The summed E-state index contributed by atoms with van der Waals surface area (Å²) in [4.78, 5) is 7.04. The summed E-state index contributed by atoms with van der Waals surface area (Å²) in [6.07, 6.45) is 2.63. The predicted molar refractivity (Wildman–Crippen MR) is 69.9 cm³/mol. The number of nitrogens with zero attached hydrogens (tertiary/aromatic N) is 2. The summed E-state index contributed by atoms with van der Waals surface area (Å²) in [6, 6.07) is 0. The van der Waals surface area contributed by atoms with Crippen molar-refractivity contribution in [2.24, 2.45) is 10.9 Å². The van der Waals surface area contributed by atoms with Gasteiger partial charge in [0, 0.05) is 26.2 Å². The number of piperidine rings is 1. The second kappa shape index (κ2) is 7.49. The van der Waals surface area contributed by atoms with Crippen molar-refractivity contribution < 1.29 is 0 Å². The van der Waals surface area contributed by atoms with Crippen LogP contribution in [0.2, 0.25) is 0 Å². The van der Waals surface area contributed by atoms with E-state index >= 15 is 0 Å². The highest BCUT2D eigenvalue weighted by molar-refractivity contribution is 5.79. The molecule has 1 fully saturated rings. The Morgan fingerprint density at radius 2 is 2.00 bits per heavy atom. The maximum absolute atomic E-state index is 4.63. The quantitative estimate of drug-likeness (QED) is 0.553. The zero-order valence-electron chi connectivity index (χ0n) is 10.9. The Morgan fingerprint density at radius 1 is 1.31 bits per heavy atom. The maximum atomic E-state index is 4.63. The first-order chi connectivity index (χ1) is 7.76. The number of aliphatic imine (C=N–C) groups is 1. The lowest BCUT2D eigenvalue weighted by Gasteiger charge is -2.28. The van der Waals surface area contributed by atoms with Crippen molar-refractivity contribution in [2.45, 2.75) is 26.7 Å². The van der Waals surface area contributed by atoms with E-state index in [1.54, 1.807) is 0 Å². The molecule has 0 saturated carbocycles. The largest absolute Gasteiger partial charge is 0.357 e. The number of hydrogen-bond donors (Lipinski definition) is 2. The minimum Gasteiger partial charge on any atom is -0.357 e. The van der Waals surface area contributed by atoms with Gasteiger partial charge in [0.05, 0.1) is 0 Å². The molecule has 2 N–H and O–H groups in total. The van der Waals surface area contributed by atoms with Gasteiger partial charge >= 0.3 is 0 Å². The Morgan fingerprint density at radius 3 is 2.56 bits per heavy atom. The van der Waals surface area contributed by atoms with Crippen molar-refractivity contribution in [3.05, 3.63) is 0 Å². The molecule has 0 aliphatic carbocycles. The van der Waals surface area contributed by atoms with Crippen LogP contribution in [0.25, 0.3) is 0 Å². The zero-order valence-corrected chi connectivity index (χ0v) is 10.9. The van der Waals surface area contributed by atoms with Crippen molar-refractivity contribution >= 4 is 5.96 Å². The van der Waals surface area contributed by atoms with Gasteiger partial charge in [0.1, 0.15) is 0 Å². The van der Waals surface area contributed by atoms with E-state index in [2.05, 4.69) is 41.4 Å². The summed E-state index contributed by atoms with van der Waals surface area (Å²) in [5.74, 6) is 1.68. The molecule has 0 aromatic heterocycles. The van der Waals surface area contributed by atoms with Crippen LogP contribution in [0.1, 0.15) is 26.7 Å². The lowest BCUT2D eigenvalue weighted by atomic mass is 9.99. The standard InChI is InChI=1S/C12H26N4/c1-4-13-12(14-5-2)15-9-11-7-6-8-16(3)10-11/h11H,4-10H2,1-3H3,(H2,13,14,15). The number of likely N-dealkylation sites (tertiary alicyclic amines) is 1. The molecular formula is C12H26N4. The molecule has 16 heavy (non-hydrogen) atoms. The number of hydrogen-bond acceptors (Lipinski definition) is 2. The minimum absolute atomic E-state index is 0.728. The van der Waals surface area contributed by atoms with Crippen molar-refractivity contribution in [3.63, 3.8) is 0 Å².